The molecule has 1 aliphatic rings. The van der Waals surface area contributed by atoms with Crippen molar-refractivity contribution in [3.63, 3.8) is 0 Å². The van der Waals surface area contributed by atoms with Crippen LogP contribution < -0.4 is 16.4 Å². The summed E-state index contributed by atoms with van der Waals surface area (Å²) in [7, 11) is 0. The van der Waals surface area contributed by atoms with Crippen LogP contribution in [0.4, 0.5) is 16.2 Å². The number of carbonyl (C=O) groups is 1. The number of hydrogen-bond donors (Lipinski definition) is 3. The van der Waals surface area contributed by atoms with Crippen LogP contribution in [-0.2, 0) is 11.2 Å². The number of nitrogens with two attached hydrogens (primary N) is 1. The SMILES string of the molecule is CC(C)(C)OC(=O)NCC1CNc2c(N)cccc2C1. The number of hydrogen-bond acceptors (Lipinski definition) is 4. The second-order valence-electron chi connectivity index (χ2n) is 6.22. The monoisotopic (exact) mass is 277 g/mol. The first-order valence-electron chi connectivity index (χ1n) is 6.93. The van der Waals surface area contributed by atoms with E-state index in [0.717, 1.165) is 24.3 Å². The molecule has 0 fully saturated rings. The Morgan fingerprint density at radius 2 is 2.25 bits per heavy atom. The van der Waals surface area contributed by atoms with Crippen molar-refractivity contribution in [1.29, 1.82) is 0 Å². The third kappa shape index (κ3) is 3.79. The van der Waals surface area contributed by atoms with Gasteiger partial charge in [0.15, 0.2) is 0 Å². The van der Waals surface area contributed by atoms with E-state index >= 15 is 0 Å². The van der Waals surface area contributed by atoms with E-state index in [2.05, 4.69) is 16.7 Å². The number of ether oxygens (including phenoxy) is 1. The average Bonchev–Trinajstić information content (AvgIpc) is 2.34. The van der Waals surface area contributed by atoms with Crippen LogP contribution in [0.1, 0.15) is 26.3 Å². The topological polar surface area (TPSA) is 76.4 Å². The lowest BCUT2D eigenvalue weighted by Crippen LogP contribution is -2.38. The molecule has 0 radical (unpaired) electrons. The predicted octanol–water partition coefficient (Wildman–Crippen LogP) is 2.38. The molecule has 0 spiro atoms. The van der Waals surface area contributed by atoms with Gasteiger partial charge in [0.2, 0.25) is 0 Å². The minimum absolute atomic E-state index is 0.344. The van der Waals surface area contributed by atoms with E-state index in [1.807, 2.05) is 32.9 Å². The largest absolute Gasteiger partial charge is 0.444 e. The van der Waals surface area contributed by atoms with E-state index in [1.165, 1.54) is 5.56 Å². The molecule has 0 saturated heterocycles. The number of para-hydroxylation sites is 1. The van der Waals surface area contributed by atoms with E-state index < -0.39 is 5.60 Å². The lowest BCUT2D eigenvalue weighted by molar-refractivity contribution is 0.0520. The molecule has 1 amide bonds. The highest BCUT2D eigenvalue weighted by atomic mass is 16.6. The Morgan fingerprint density at radius 1 is 1.50 bits per heavy atom. The van der Waals surface area contributed by atoms with Gasteiger partial charge in [-0.25, -0.2) is 4.79 Å². The molecule has 2 rings (SSSR count). The molecule has 1 heterocycles. The lowest BCUT2D eigenvalue weighted by Gasteiger charge is -2.28. The average molecular weight is 277 g/mol. The second-order valence-corrected chi connectivity index (χ2v) is 6.22. The van der Waals surface area contributed by atoms with Crippen molar-refractivity contribution in [1.82, 2.24) is 5.32 Å². The maximum absolute atomic E-state index is 11.6. The highest BCUT2D eigenvalue weighted by Gasteiger charge is 2.21. The van der Waals surface area contributed by atoms with Crippen molar-refractivity contribution in [2.24, 2.45) is 5.92 Å². The van der Waals surface area contributed by atoms with Crippen LogP contribution in [0.15, 0.2) is 18.2 Å². The van der Waals surface area contributed by atoms with Gasteiger partial charge in [0, 0.05) is 13.1 Å². The van der Waals surface area contributed by atoms with Gasteiger partial charge in [-0.2, -0.15) is 0 Å². The van der Waals surface area contributed by atoms with Gasteiger partial charge in [0.05, 0.1) is 11.4 Å². The summed E-state index contributed by atoms with van der Waals surface area (Å²) in [4.78, 5) is 11.6. The first-order valence-corrected chi connectivity index (χ1v) is 6.93. The number of amides is 1. The minimum Gasteiger partial charge on any atom is -0.444 e. The van der Waals surface area contributed by atoms with Crippen LogP contribution in [0.3, 0.4) is 0 Å². The number of nitrogens with one attached hydrogen (secondary N) is 2. The van der Waals surface area contributed by atoms with Gasteiger partial charge in [0.25, 0.3) is 0 Å². The molecule has 0 bridgehead atoms. The van der Waals surface area contributed by atoms with Crippen LogP contribution in [0.2, 0.25) is 0 Å². The highest BCUT2D eigenvalue weighted by Crippen LogP contribution is 2.29. The van der Waals surface area contributed by atoms with Crippen LogP contribution >= 0.6 is 0 Å². The predicted molar refractivity (Wildman–Crippen MR) is 80.8 cm³/mol. The van der Waals surface area contributed by atoms with E-state index in [-0.39, 0.29) is 6.09 Å². The fraction of sp³-hybridized carbons (Fsp3) is 0.533. The molecular formula is C15H23N3O2. The van der Waals surface area contributed by atoms with Crippen molar-refractivity contribution in [2.45, 2.75) is 32.8 Å². The van der Waals surface area contributed by atoms with Gasteiger partial charge in [-0.15, -0.1) is 0 Å². The van der Waals surface area contributed by atoms with Gasteiger partial charge < -0.3 is 21.1 Å². The van der Waals surface area contributed by atoms with E-state index in [0.29, 0.717) is 12.5 Å². The smallest absolute Gasteiger partial charge is 0.407 e. The number of alkyl carbamates (subject to hydrolysis) is 1. The number of rotatable bonds is 2. The molecule has 1 aromatic rings. The number of anilines is 2. The Hall–Kier alpha value is -1.91. The summed E-state index contributed by atoms with van der Waals surface area (Å²) in [6.45, 7) is 6.96. The zero-order chi connectivity index (χ0) is 14.8. The van der Waals surface area contributed by atoms with Gasteiger partial charge in [-0.3, -0.25) is 0 Å². The molecule has 0 aromatic heterocycles. The molecule has 4 N–H and O–H groups in total. The quantitative estimate of drug-likeness (QED) is 0.725. The van der Waals surface area contributed by atoms with Crippen LogP contribution in [0.5, 0.6) is 0 Å². The summed E-state index contributed by atoms with van der Waals surface area (Å²) in [5.74, 6) is 0.344. The van der Waals surface area contributed by atoms with Gasteiger partial charge in [-0.05, 0) is 44.7 Å². The minimum atomic E-state index is -0.462. The van der Waals surface area contributed by atoms with Crippen molar-refractivity contribution in [3.05, 3.63) is 23.8 Å². The summed E-state index contributed by atoms with van der Waals surface area (Å²) in [6.07, 6.45) is 0.541. The third-order valence-electron chi connectivity index (χ3n) is 3.19. The molecule has 20 heavy (non-hydrogen) atoms. The third-order valence-corrected chi connectivity index (χ3v) is 3.19. The van der Waals surface area contributed by atoms with E-state index in [4.69, 9.17) is 10.5 Å². The molecule has 1 atom stereocenters. The normalized spacial score (nSPS) is 17.9. The van der Waals surface area contributed by atoms with Gasteiger partial charge >= 0.3 is 6.09 Å². The number of nitrogen functional groups attached to an aromatic ring is 1. The maximum atomic E-state index is 11.6. The van der Waals surface area contributed by atoms with E-state index in [9.17, 15) is 4.79 Å². The van der Waals surface area contributed by atoms with Crippen molar-refractivity contribution in [3.8, 4) is 0 Å². The molecular weight excluding hydrogens is 254 g/mol. The number of benzene rings is 1. The molecule has 1 aliphatic heterocycles. The molecule has 1 unspecified atom stereocenters. The Kier molecular flexibility index (Phi) is 4.06. The Balaban J connectivity index is 1.86. The fourth-order valence-corrected chi connectivity index (χ4v) is 2.32. The lowest BCUT2D eigenvalue weighted by atomic mass is 9.93. The zero-order valence-corrected chi connectivity index (χ0v) is 12.3. The van der Waals surface area contributed by atoms with Crippen molar-refractivity contribution in [2.75, 3.05) is 24.1 Å². The van der Waals surface area contributed by atoms with Crippen LogP contribution in [-0.4, -0.2) is 24.8 Å². The van der Waals surface area contributed by atoms with Gasteiger partial charge in [0.1, 0.15) is 5.60 Å². The van der Waals surface area contributed by atoms with Crippen molar-refractivity contribution < 1.29 is 9.53 Å². The zero-order valence-electron chi connectivity index (χ0n) is 12.3. The fourth-order valence-electron chi connectivity index (χ4n) is 2.32. The molecule has 1 aromatic carbocycles. The number of carbonyl (C=O) groups excluding carboxylic acids is 1. The molecule has 110 valence electrons. The maximum Gasteiger partial charge on any atom is 0.407 e. The highest BCUT2D eigenvalue weighted by molar-refractivity contribution is 5.71. The van der Waals surface area contributed by atoms with Gasteiger partial charge in [-0.1, -0.05) is 12.1 Å². The molecule has 0 saturated carbocycles. The first-order chi connectivity index (χ1) is 9.35. The Morgan fingerprint density at radius 3 is 2.95 bits per heavy atom. The van der Waals surface area contributed by atoms with Crippen molar-refractivity contribution >= 4 is 17.5 Å². The summed E-state index contributed by atoms with van der Waals surface area (Å²) in [5.41, 5.74) is 8.47. The second kappa shape index (κ2) is 5.61. The standard InChI is InChI=1S/C15H23N3O2/c1-15(2,3)20-14(19)18-9-10-7-11-5-4-6-12(16)13(11)17-8-10/h4-6,10,17H,7-9,16H2,1-3H3,(H,18,19). The van der Waals surface area contributed by atoms with E-state index in [1.54, 1.807) is 0 Å². The molecule has 5 nitrogen and oxygen atoms in total. The molecule has 0 aliphatic carbocycles. The Bertz CT molecular complexity index is 494. The Labute approximate surface area is 119 Å². The summed E-state index contributed by atoms with van der Waals surface area (Å²) in [6, 6.07) is 5.92. The number of fused-ring (bicyclic) bond motifs is 1. The van der Waals surface area contributed by atoms with Crippen LogP contribution in [0, 0.1) is 5.92 Å². The first kappa shape index (κ1) is 14.5. The summed E-state index contributed by atoms with van der Waals surface area (Å²) >= 11 is 0. The summed E-state index contributed by atoms with van der Waals surface area (Å²) < 4.78 is 5.23. The summed E-state index contributed by atoms with van der Waals surface area (Å²) in [5, 5.41) is 6.16. The van der Waals surface area contributed by atoms with Crippen LogP contribution in [0.25, 0.3) is 0 Å². The molecule has 5 heteroatoms.